The summed E-state index contributed by atoms with van der Waals surface area (Å²) in [6.45, 7) is 4.70. The number of esters is 2. The Morgan fingerprint density at radius 1 is 0.378 bits per heavy atom. The van der Waals surface area contributed by atoms with Crippen LogP contribution in [0.3, 0.4) is 0 Å². The first-order valence-corrected chi connectivity index (χ1v) is 35.3. The number of likely N-dealkylation sites (N-methyl/N-ethyl adjacent to an activating group) is 1. The van der Waals surface area contributed by atoms with Crippen LogP contribution in [0, 0.1) is 0 Å². The van der Waals surface area contributed by atoms with Gasteiger partial charge in [-0.1, -0.05) is 326 Å². The van der Waals surface area contributed by atoms with E-state index >= 15 is 0 Å². The molecule has 9 heteroatoms. The van der Waals surface area contributed by atoms with Gasteiger partial charge in [-0.3, -0.25) is 9.59 Å². The molecule has 0 fully saturated rings. The number of hydrogen-bond acceptors (Lipinski definition) is 8. The number of unbranched alkanes of at least 4 members (excludes halogenated alkanes) is 43. The molecule has 0 rings (SSSR count). The molecule has 0 spiro atoms. The van der Waals surface area contributed by atoms with Crippen LogP contribution in [0.2, 0.25) is 0 Å². The minimum atomic E-state index is -1.62. The van der Waals surface area contributed by atoms with Gasteiger partial charge in [-0.25, -0.2) is 0 Å². The fraction of sp³-hybridized carbons (Fsp3) is 0.849. The second-order valence-electron chi connectivity index (χ2n) is 25.2. The summed E-state index contributed by atoms with van der Waals surface area (Å²) in [5.41, 5.74) is 0. The van der Waals surface area contributed by atoms with Gasteiger partial charge in [-0.05, 0) is 51.4 Å². The van der Waals surface area contributed by atoms with E-state index in [1.807, 2.05) is 21.1 Å². The summed E-state index contributed by atoms with van der Waals surface area (Å²) in [5, 5.41) is 11.8. The summed E-state index contributed by atoms with van der Waals surface area (Å²) in [6, 6.07) is 0. The smallest absolute Gasteiger partial charge is 0.306 e. The number of allylic oxidation sites excluding steroid dienone is 8. The molecule has 0 bridgehead atoms. The number of nitrogens with zero attached hydrogens (tertiary/aromatic N) is 1. The van der Waals surface area contributed by atoms with Crippen LogP contribution in [0.4, 0.5) is 0 Å². The van der Waals surface area contributed by atoms with E-state index in [2.05, 4.69) is 62.5 Å². The standard InChI is InChI=1S/C73H135NO8/c1-6-8-10-12-14-16-18-20-22-24-26-28-30-32-33-34-35-36-37-38-39-40-42-44-46-48-50-52-54-56-58-60-62-64-71(76)82-69(68-81-73(72(77)78)79-66-65-74(3,4)5)67-80-70(75)63-61-59-57-55-53-51-49-47-45-43-41-31-29-27-25-23-21-19-17-15-13-11-9-7-2/h8,10,14,16,20,22,26,28,69,73H,6-7,9,11-13,15,17-19,21,23-25,27,29-68H2,1-5H3/b10-8-,16-14-,22-20-,28-26-. The Morgan fingerprint density at radius 3 is 1.04 bits per heavy atom. The summed E-state index contributed by atoms with van der Waals surface area (Å²) < 4.78 is 22.8. The van der Waals surface area contributed by atoms with Crippen LogP contribution in [0.1, 0.15) is 341 Å². The number of rotatable bonds is 66. The molecule has 9 nitrogen and oxygen atoms in total. The molecule has 0 saturated carbocycles. The van der Waals surface area contributed by atoms with Gasteiger partial charge in [0.1, 0.15) is 13.2 Å². The quantitative estimate of drug-likeness (QED) is 0.0195. The Bertz CT molecular complexity index is 1480. The summed E-state index contributed by atoms with van der Waals surface area (Å²) in [4.78, 5) is 37.5. The van der Waals surface area contributed by atoms with Crippen LogP contribution in [0.25, 0.3) is 0 Å². The molecule has 0 aliphatic heterocycles. The van der Waals surface area contributed by atoms with E-state index in [0.29, 0.717) is 17.4 Å². The molecule has 480 valence electrons. The third kappa shape index (κ3) is 64.8. The fourth-order valence-electron chi connectivity index (χ4n) is 10.5. The van der Waals surface area contributed by atoms with E-state index in [4.69, 9.17) is 18.9 Å². The number of carbonyl (C=O) groups is 3. The van der Waals surface area contributed by atoms with Crippen LogP contribution in [0.5, 0.6) is 0 Å². The molecule has 0 aromatic rings. The van der Waals surface area contributed by atoms with E-state index in [-0.39, 0.29) is 32.2 Å². The zero-order valence-corrected chi connectivity index (χ0v) is 54.9. The predicted molar refractivity (Wildman–Crippen MR) is 348 cm³/mol. The van der Waals surface area contributed by atoms with E-state index in [9.17, 15) is 19.5 Å². The first kappa shape index (κ1) is 79.2. The molecule has 0 amide bonds. The Kier molecular flexibility index (Phi) is 62.1. The third-order valence-corrected chi connectivity index (χ3v) is 15.8. The van der Waals surface area contributed by atoms with E-state index < -0.39 is 24.3 Å². The highest BCUT2D eigenvalue weighted by atomic mass is 16.7. The highest BCUT2D eigenvalue weighted by molar-refractivity contribution is 5.70. The number of carboxylic acid groups (broad SMARTS) is 1. The van der Waals surface area contributed by atoms with Crippen molar-refractivity contribution >= 4 is 17.9 Å². The molecule has 0 aromatic carbocycles. The number of hydrogen-bond donors (Lipinski definition) is 0. The van der Waals surface area contributed by atoms with Crippen molar-refractivity contribution in [3.05, 3.63) is 48.6 Å². The average molecular weight is 1150 g/mol. The second-order valence-corrected chi connectivity index (χ2v) is 25.2. The minimum Gasteiger partial charge on any atom is -0.545 e. The van der Waals surface area contributed by atoms with Gasteiger partial charge in [0.15, 0.2) is 12.4 Å². The van der Waals surface area contributed by atoms with Crippen molar-refractivity contribution < 1.29 is 42.9 Å². The Hall–Kier alpha value is -2.75. The number of ether oxygens (including phenoxy) is 4. The van der Waals surface area contributed by atoms with Gasteiger partial charge in [0.2, 0.25) is 0 Å². The lowest BCUT2D eigenvalue weighted by molar-refractivity contribution is -0.870. The van der Waals surface area contributed by atoms with Crippen LogP contribution in [0.15, 0.2) is 48.6 Å². The maximum absolute atomic E-state index is 12.9. The monoisotopic (exact) mass is 1150 g/mol. The van der Waals surface area contributed by atoms with Crippen LogP contribution < -0.4 is 5.11 Å². The van der Waals surface area contributed by atoms with Crippen LogP contribution in [-0.4, -0.2) is 82.3 Å². The van der Waals surface area contributed by atoms with Crippen LogP contribution >= 0.6 is 0 Å². The van der Waals surface area contributed by atoms with E-state index in [1.165, 1.54) is 250 Å². The van der Waals surface area contributed by atoms with Gasteiger partial charge < -0.3 is 33.3 Å². The van der Waals surface area contributed by atoms with Gasteiger partial charge in [0.25, 0.3) is 0 Å². The van der Waals surface area contributed by atoms with E-state index in [1.54, 1.807) is 0 Å². The van der Waals surface area contributed by atoms with Crippen LogP contribution in [-0.2, 0) is 33.3 Å². The van der Waals surface area contributed by atoms with Crippen molar-refractivity contribution in [1.82, 2.24) is 0 Å². The average Bonchev–Trinajstić information content (AvgIpc) is 3.45. The van der Waals surface area contributed by atoms with Crippen molar-refractivity contribution in [2.75, 3.05) is 47.5 Å². The SMILES string of the molecule is CC/C=C\C/C=C\C/C=C\C/C=C\CCCCCCCCCCCCCCCCCCCCCCC(=O)OC(COC(=O)CCCCCCCCCCCCCCCCCCCCCCCCCC)COC(OCC[N+](C)(C)C)C(=O)[O-]. The van der Waals surface area contributed by atoms with Gasteiger partial charge in [-0.15, -0.1) is 0 Å². The maximum atomic E-state index is 12.9. The van der Waals surface area contributed by atoms with Crippen molar-refractivity contribution in [1.29, 1.82) is 0 Å². The number of aliphatic carboxylic acids is 1. The van der Waals surface area contributed by atoms with Gasteiger partial charge in [0, 0.05) is 12.8 Å². The first-order valence-electron chi connectivity index (χ1n) is 35.3. The molecular formula is C73H135NO8. The lowest BCUT2D eigenvalue weighted by Crippen LogP contribution is -2.44. The molecule has 0 aliphatic carbocycles. The lowest BCUT2D eigenvalue weighted by atomic mass is 10.0. The molecule has 0 saturated heterocycles. The zero-order valence-electron chi connectivity index (χ0n) is 54.9. The molecule has 82 heavy (non-hydrogen) atoms. The normalized spacial score (nSPS) is 12.9. The molecule has 0 radical (unpaired) electrons. The summed E-state index contributed by atoms with van der Waals surface area (Å²) in [6.07, 6.45) is 79.1. The molecule has 0 heterocycles. The lowest BCUT2D eigenvalue weighted by Gasteiger charge is -2.26. The Labute approximate surface area is 508 Å². The van der Waals surface area contributed by atoms with Crippen molar-refractivity contribution in [3.63, 3.8) is 0 Å². The molecule has 2 unspecified atom stereocenters. The Morgan fingerprint density at radius 2 is 0.695 bits per heavy atom. The number of carbonyl (C=O) groups excluding carboxylic acids is 3. The predicted octanol–water partition coefficient (Wildman–Crippen LogP) is 20.4. The van der Waals surface area contributed by atoms with Gasteiger partial charge >= 0.3 is 11.9 Å². The largest absolute Gasteiger partial charge is 0.545 e. The highest BCUT2D eigenvalue weighted by Crippen LogP contribution is 2.19. The molecule has 0 N–H and O–H groups in total. The fourth-order valence-corrected chi connectivity index (χ4v) is 10.5. The second kappa shape index (κ2) is 64.3. The zero-order chi connectivity index (χ0) is 59.8. The third-order valence-electron chi connectivity index (χ3n) is 15.8. The Balaban J connectivity index is 4.05. The summed E-state index contributed by atoms with van der Waals surface area (Å²) >= 11 is 0. The highest BCUT2D eigenvalue weighted by Gasteiger charge is 2.22. The molecule has 0 aromatic heterocycles. The summed E-state index contributed by atoms with van der Waals surface area (Å²) in [7, 11) is 5.94. The minimum absolute atomic E-state index is 0.151. The summed E-state index contributed by atoms with van der Waals surface area (Å²) in [5.74, 6) is -2.25. The van der Waals surface area contributed by atoms with Crippen molar-refractivity contribution in [2.24, 2.45) is 0 Å². The molecular weight excluding hydrogens is 1020 g/mol. The number of quaternary nitrogens is 1. The molecule has 0 aliphatic rings. The van der Waals surface area contributed by atoms with E-state index in [0.717, 1.165) is 64.2 Å². The number of carboxylic acids is 1. The topological polar surface area (TPSA) is 111 Å². The first-order chi connectivity index (χ1) is 40.1. The van der Waals surface area contributed by atoms with Gasteiger partial charge in [0.05, 0.1) is 40.3 Å². The molecule has 2 atom stereocenters. The van der Waals surface area contributed by atoms with Crippen molar-refractivity contribution in [3.8, 4) is 0 Å². The van der Waals surface area contributed by atoms with Crippen molar-refractivity contribution in [2.45, 2.75) is 354 Å². The maximum Gasteiger partial charge on any atom is 0.306 e. The van der Waals surface area contributed by atoms with Gasteiger partial charge in [-0.2, -0.15) is 0 Å².